The Morgan fingerprint density at radius 1 is 1.06 bits per heavy atom. The highest BCUT2D eigenvalue weighted by molar-refractivity contribution is 5.87. The highest BCUT2D eigenvalue weighted by atomic mass is 16.5. The van der Waals surface area contributed by atoms with Gasteiger partial charge in [0, 0.05) is 24.2 Å². The number of hydrogen-bond donors (Lipinski definition) is 1. The minimum Gasteiger partial charge on any atom is -0.458 e. The lowest BCUT2D eigenvalue weighted by Crippen LogP contribution is -2.55. The minimum atomic E-state index is -0.303. The van der Waals surface area contributed by atoms with Gasteiger partial charge in [-0.15, -0.1) is 0 Å². The number of ketones is 1. The molecular weight excluding hydrogens is 400 g/mol. The molecule has 0 radical (unpaired) electrons. The van der Waals surface area contributed by atoms with Crippen LogP contribution in [0.3, 0.4) is 0 Å². The monoisotopic (exact) mass is 436 g/mol. The molecule has 0 bridgehead atoms. The molecule has 0 aliphatic heterocycles. The molecule has 1 N–H and O–H groups in total. The standard InChI is InChI=1S/C28H36O4/c1-27-14-12-20(29)16-19(27)17-23(32-25(31)11-8-18-6-4-3-5-7-18)26-21-9-10-24(30)28(21,2)15-13-22(26)27/h3-7,17,20-23,26,29H,8-16H2,1-2H3. The first kappa shape index (κ1) is 21.9. The number of benzene rings is 1. The zero-order chi connectivity index (χ0) is 22.5. The van der Waals surface area contributed by atoms with Gasteiger partial charge in [0.25, 0.3) is 0 Å². The smallest absolute Gasteiger partial charge is 0.306 e. The topological polar surface area (TPSA) is 63.6 Å². The predicted molar refractivity (Wildman–Crippen MR) is 123 cm³/mol. The third-order valence-corrected chi connectivity index (χ3v) is 9.52. The van der Waals surface area contributed by atoms with Crippen molar-refractivity contribution < 1.29 is 19.4 Å². The van der Waals surface area contributed by atoms with E-state index in [9.17, 15) is 14.7 Å². The number of aryl methyl sites for hydroxylation is 1. The van der Waals surface area contributed by atoms with Crippen molar-refractivity contribution in [2.45, 2.75) is 83.8 Å². The van der Waals surface area contributed by atoms with Gasteiger partial charge in [0.05, 0.1) is 6.10 Å². The molecule has 4 heteroatoms. The summed E-state index contributed by atoms with van der Waals surface area (Å²) in [5, 5.41) is 10.4. The van der Waals surface area contributed by atoms with Crippen LogP contribution >= 0.6 is 0 Å². The molecule has 0 spiro atoms. The zero-order valence-electron chi connectivity index (χ0n) is 19.4. The van der Waals surface area contributed by atoms with Crippen molar-refractivity contribution in [1.29, 1.82) is 0 Å². The number of aliphatic hydroxyl groups excluding tert-OH is 1. The largest absolute Gasteiger partial charge is 0.458 e. The Morgan fingerprint density at radius 3 is 2.56 bits per heavy atom. The van der Waals surface area contributed by atoms with Gasteiger partial charge >= 0.3 is 5.97 Å². The van der Waals surface area contributed by atoms with Crippen molar-refractivity contribution in [3.8, 4) is 0 Å². The van der Waals surface area contributed by atoms with Crippen LogP contribution in [0.15, 0.2) is 42.0 Å². The summed E-state index contributed by atoms with van der Waals surface area (Å²) in [7, 11) is 0. The molecular formula is C28H36O4. The summed E-state index contributed by atoms with van der Waals surface area (Å²) in [6.07, 6.45) is 8.64. The van der Waals surface area contributed by atoms with E-state index in [0.717, 1.165) is 37.7 Å². The number of ether oxygens (including phenoxy) is 1. The highest BCUT2D eigenvalue weighted by Gasteiger charge is 2.61. The number of fused-ring (bicyclic) bond motifs is 5. The highest BCUT2D eigenvalue weighted by Crippen LogP contribution is 2.64. The Bertz CT molecular complexity index is 921. The lowest BCUT2D eigenvalue weighted by atomic mass is 9.47. The van der Waals surface area contributed by atoms with Gasteiger partial charge in [-0.1, -0.05) is 49.8 Å². The Morgan fingerprint density at radius 2 is 1.78 bits per heavy atom. The van der Waals surface area contributed by atoms with Crippen molar-refractivity contribution in [2.24, 2.45) is 28.6 Å². The molecule has 0 amide bonds. The number of rotatable bonds is 4. The van der Waals surface area contributed by atoms with E-state index in [-0.39, 0.29) is 40.8 Å². The Hall–Kier alpha value is -1.94. The third-order valence-electron chi connectivity index (χ3n) is 9.52. The van der Waals surface area contributed by atoms with E-state index in [0.29, 0.717) is 37.4 Å². The van der Waals surface area contributed by atoms with Gasteiger partial charge in [0.2, 0.25) is 0 Å². The molecule has 5 rings (SSSR count). The lowest BCUT2D eigenvalue weighted by molar-refractivity contribution is -0.160. The number of carbonyl (C=O) groups excluding carboxylic acids is 2. The Labute approximate surface area is 191 Å². The molecule has 0 heterocycles. The molecule has 7 unspecified atom stereocenters. The van der Waals surface area contributed by atoms with Gasteiger partial charge < -0.3 is 9.84 Å². The fourth-order valence-electron chi connectivity index (χ4n) is 7.59. The molecule has 3 saturated carbocycles. The lowest BCUT2D eigenvalue weighted by Gasteiger charge is -2.58. The van der Waals surface area contributed by atoms with E-state index < -0.39 is 0 Å². The molecule has 0 aromatic heterocycles. The maximum Gasteiger partial charge on any atom is 0.306 e. The molecule has 172 valence electrons. The number of Topliss-reactive ketones (excluding diaryl/α,β-unsaturated/α-hetero) is 1. The van der Waals surface area contributed by atoms with Crippen LogP contribution in [-0.2, 0) is 20.7 Å². The van der Waals surface area contributed by atoms with Crippen LogP contribution in [0.1, 0.15) is 70.8 Å². The first-order valence-corrected chi connectivity index (χ1v) is 12.5. The van der Waals surface area contributed by atoms with Crippen LogP contribution < -0.4 is 0 Å². The fourth-order valence-corrected chi connectivity index (χ4v) is 7.59. The van der Waals surface area contributed by atoms with Crippen molar-refractivity contribution in [2.75, 3.05) is 0 Å². The summed E-state index contributed by atoms with van der Waals surface area (Å²) in [6, 6.07) is 10.0. The van der Waals surface area contributed by atoms with E-state index in [1.54, 1.807) is 0 Å². The van der Waals surface area contributed by atoms with Crippen LogP contribution in [0.4, 0.5) is 0 Å². The summed E-state index contributed by atoms with van der Waals surface area (Å²) in [4.78, 5) is 25.8. The molecule has 32 heavy (non-hydrogen) atoms. The molecule has 4 aliphatic rings. The second kappa shape index (κ2) is 8.13. The predicted octanol–water partition coefficient (Wildman–Crippen LogP) is 5.03. The molecule has 1 aromatic carbocycles. The zero-order valence-corrected chi connectivity index (χ0v) is 19.4. The molecule has 4 nitrogen and oxygen atoms in total. The summed E-state index contributed by atoms with van der Waals surface area (Å²) in [6.45, 7) is 4.51. The van der Waals surface area contributed by atoms with E-state index in [1.165, 1.54) is 5.57 Å². The summed E-state index contributed by atoms with van der Waals surface area (Å²) in [5.41, 5.74) is 2.18. The summed E-state index contributed by atoms with van der Waals surface area (Å²) >= 11 is 0. The fraction of sp³-hybridized carbons (Fsp3) is 0.643. The van der Waals surface area contributed by atoms with Gasteiger partial charge in [-0.2, -0.15) is 0 Å². The van der Waals surface area contributed by atoms with Crippen molar-refractivity contribution >= 4 is 11.8 Å². The first-order chi connectivity index (χ1) is 15.3. The van der Waals surface area contributed by atoms with E-state index in [1.807, 2.05) is 30.3 Å². The normalized spacial score (nSPS) is 40.7. The quantitative estimate of drug-likeness (QED) is 0.531. The van der Waals surface area contributed by atoms with Crippen LogP contribution in [0, 0.1) is 28.6 Å². The third kappa shape index (κ3) is 3.55. The summed E-state index contributed by atoms with van der Waals surface area (Å²) < 4.78 is 6.19. The number of aliphatic hydroxyl groups is 1. The minimum absolute atomic E-state index is 0.0454. The van der Waals surface area contributed by atoms with Crippen molar-refractivity contribution in [3.05, 3.63) is 47.5 Å². The van der Waals surface area contributed by atoms with Crippen LogP contribution in [0.5, 0.6) is 0 Å². The van der Waals surface area contributed by atoms with E-state index >= 15 is 0 Å². The Kier molecular flexibility index (Phi) is 5.56. The second-order valence-electron chi connectivity index (χ2n) is 11.2. The average Bonchev–Trinajstić information content (AvgIpc) is 3.09. The van der Waals surface area contributed by atoms with Gasteiger partial charge in [0.1, 0.15) is 11.9 Å². The molecule has 0 saturated heterocycles. The summed E-state index contributed by atoms with van der Waals surface area (Å²) in [5.74, 6) is 1.12. The van der Waals surface area contributed by atoms with Crippen LogP contribution in [0.25, 0.3) is 0 Å². The maximum atomic E-state index is 12.9. The second-order valence-corrected chi connectivity index (χ2v) is 11.2. The van der Waals surface area contributed by atoms with Gasteiger partial charge in [-0.05, 0) is 73.8 Å². The van der Waals surface area contributed by atoms with Crippen molar-refractivity contribution in [1.82, 2.24) is 0 Å². The van der Waals surface area contributed by atoms with Gasteiger partial charge in [-0.25, -0.2) is 0 Å². The molecule has 1 aromatic rings. The average molecular weight is 437 g/mol. The number of esters is 1. The van der Waals surface area contributed by atoms with Gasteiger partial charge in [0.15, 0.2) is 0 Å². The van der Waals surface area contributed by atoms with Crippen LogP contribution in [-0.4, -0.2) is 29.1 Å². The first-order valence-electron chi connectivity index (χ1n) is 12.5. The molecule has 4 aliphatic carbocycles. The van der Waals surface area contributed by atoms with Gasteiger partial charge in [-0.3, -0.25) is 9.59 Å². The number of hydrogen-bond acceptors (Lipinski definition) is 4. The maximum absolute atomic E-state index is 12.9. The van der Waals surface area contributed by atoms with Crippen LogP contribution in [0.2, 0.25) is 0 Å². The SMILES string of the molecule is CC12CCC3C(C(OC(=O)CCc4ccccc4)C=C4CC(O)CCC43C)C1CCC2=O. The van der Waals surface area contributed by atoms with E-state index in [2.05, 4.69) is 19.9 Å². The molecule has 7 atom stereocenters. The van der Waals surface area contributed by atoms with E-state index in [4.69, 9.17) is 4.74 Å². The van der Waals surface area contributed by atoms with Crippen molar-refractivity contribution in [3.63, 3.8) is 0 Å². The number of carbonyl (C=O) groups is 2. The molecule has 3 fully saturated rings. The Balaban J connectivity index is 1.42.